The fraction of sp³-hybridized carbons (Fsp3) is 0.444. The van der Waals surface area contributed by atoms with Crippen LogP contribution in [0.2, 0.25) is 0 Å². The van der Waals surface area contributed by atoms with Gasteiger partial charge in [-0.05, 0) is 25.2 Å². The number of aromatic hydroxyl groups is 1. The lowest BCUT2D eigenvalue weighted by Gasteiger charge is -2.24. The van der Waals surface area contributed by atoms with Crippen molar-refractivity contribution in [2.24, 2.45) is 4.99 Å². The number of aliphatic hydroxyl groups excluding tert-OH is 1. The third-order valence-corrected chi connectivity index (χ3v) is 6.91. The first-order chi connectivity index (χ1) is 12.5. The molecule has 138 valence electrons. The van der Waals surface area contributed by atoms with Gasteiger partial charge in [0.1, 0.15) is 16.8 Å². The summed E-state index contributed by atoms with van der Waals surface area (Å²) >= 11 is 3.19. The van der Waals surface area contributed by atoms with Crippen LogP contribution in [0, 0.1) is 11.8 Å². The second kappa shape index (κ2) is 8.35. The number of likely N-dealkylation sites (N-methyl/N-ethyl adjacent to an activating group) is 1. The van der Waals surface area contributed by atoms with Gasteiger partial charge in [-0.3, -0.25) is 14.7 Å². The summed E-state index contributed by atoms with van der Waals surface area (Å²) in [6, 6.07) is 4.65. The van der Waals surface area contributed by atoms with Gasteiger partial charge in [-0.2, -0.15) is 0 Å². The Labute approximate surface area is 160 Å². The fourth-order valence-corrected chi connectivity index (χ4v) is 5.67. The lowest BCUT2D eigenvalue weighted by molar-refractivity contribution is -0.141. The Morgan fingerprint density at radius 3 is 2.92 bits per heavy atom. The van der Waals surface area contributed by atoms with E-state index in [2.05, 4.69) is 11.8 Å². The molecule has 0 unspecified atom stereocenters. The molecule has 3 N–H and O–H groups in total. The zero-order valence-electron chi connectivity index (χ0n) is 14.3. The molecule has 26 heavy (non-hydrogen) atoms. The summed E-state index contributed by atoms with van der Waals surface area (Å²) in [5.74, 6) is 6.50. The predicted octanol–water partition coefficient (Wildman–Crippen LogP) is 1.45. The zero-order chi connectivity index (χ0) is 18.7. The van der Waals surface area contributed by atoms with Gasteiger partial charge in [-0.15, -0.1) is 23.5 Å². The van der Waals surface area contributed by atoms with E-state index in [0.717, 1.165) is 16.4 Å². The monoisotopic (exact) mass is 392 g/mol. The Bertz CT molecular complexity index is 787. The number of carbonyl (C=O) groups is 1. The molecule has 2 aliphatic heterocycles. The van der Waals surface area contributed by atoms with E-state index < -0.39 is 12.0 Å². The Morgan fingerprint density at radius 1 is 1.42 bits per heavy atom. The first kappa shape index (κ1) is 19.1. The summed E-state index contributed by atoms with van der Waals surface area (Å²) in [5, 5.41) is 29.1. The second-order valence-electron chi connectivity index (χ2n) is 6.06. The number of phenolic OH excluding ortho intramolecular Hbond substituents is 1. The second-order valence-corrected chi connectivity index (χ2v) is 8.22. The van der Waals surface area contributed by atoms with Gasteiger partial charge in [0.15, 0.2) is 0 Å². The number of aliphatic imine (C=N–C) groups is 1. The minimum absolute atomic E-state index is 0.0159. The molecule has 8 heteroatoms. The maximum absolute atomic E-state index is 11.3. The number of aliphatic hydroxyl groups is 1. The normalized spacial score (nSPS) is 25.6. The maximum atomic E-state index is 11.3. The summed E-state index contributed by atoms with van der Waals surface area (Å²) in [6.45, 7) is 0.0199. The number of benzene rings is 1. The van der Waals surface area contributed by atoms with Crippen molar-refractivity contribution in [3.63, 3.8) is 0 Å². The molecule has 0 aromatic heterocycles. The average molecular weight is 393 g/mol. The summed E-state index contributed by atoms with van der Waals surface area (Å²) in [6.07, 6.45) is 0.407. The molecule has 0 bridgehead atoms. The highest BCUT2D eigenvalue weighted by Crippen LogP contribution is 2.37. The number of carboxylic acid groups (broad SMARTS) is 1. The lowest BCUT2D eigenvalue weighted by Crippen LogP contribution is -2.42. The number of nitrogens with zero attached hydrogens (tertiary/aromatic N) is 2. The molecule has 1 aromatic carbocycles. The Hall–Kier alpha value is -1.66. The van der Waals surface area contributed by atoms with Crippen LogP contribution in [0.25, 0.3) is 0 Å². The van der Waals surface area contributed by atoms with E-state index in [1.807, 2.05) is 11.9 Å². The summed E-state index contributed by atoms with van der Waals surface area (Å²) < 4.78 is 0. The molecule has 0 amide bonds. The molecule has 6 nitrogen and oxygen atoms in total. The van der Waals surface area contributed by atoms with Gasteiger partial charge in [0.25, 0.3) is 0 Å². The van der Waals surface area contributed by atoms with Crippen LogP contribution in [-0.2, 0) is 4.79 Å². The Balaban J connectivity index is 1.79. The number of thioether (sulfide) groups is 2. The van der Waals surface area contributed by atoms with E-state index in [0.29, 0.717) is 17.7 Å². The number of hydrogen-bond donors (Lipinski definition) is 3. The van der Waals surface area contributed by atoms with Gasteiger partial charge in [0.2, 0.25) is 0 Å². The minimum Gasteiger partial charge on any atom is -0.507 e. The van der Waals surface area contributed by atoms with Crippen molar-refractivity contribution in [3.8, 4) is 17.6 Å². The molecular formula is C18H20N2O4S2. The molecular weight excluding hydrogens is 372 g/mol. The number of hydrogen-bond acceptors (Lipinski definition) is 7. The molecule has 0 saturated carbocycles. The summed E-state index contributed by atoms with van der Waals surface area (Å²) in [4.78, 5) is 17.9. The number of rotatable bonds is 4. The number of carboxylic acids is 1. The lowest BCUT2D eigenvalue weighted by atomic mass is 10.1. The maximum Gasteiger partial charge on any atom is 0.321 e. The summed E-state index contributed by atoms with van der Waals surface area (Å²) in [7, 11) is 1.83. The number of phenols is 1. The number of aliphatic carboxylic acids is 1. The zero-order valence-corrected chi connectivity index (χ0v) is 15.9. The highest BCUT2D eigenvalue weighted by molar-refractivity contribution is 8.14. The molecule has 0 radical (unpaired) electrons. The fourth-order valence-electron chi connectivity index (χ4n) is 2.92. The molecule has 2 heterocycles. The molecule has 0 spiro atoms. The van der Waals surface area contributed by atoms with Gasteiger partial charge < -0.3 is 15.3 Å². The standard InChI is InChI=1S/C18H20N2O4S2/c1-20-14(18(23)24)10-26-17(20)13-9-25-16(19-13)12-8-11(4-2-3-7-21)5-6-15(12)22/h5-6,8,13-14,17,21-22H,3,7,9-10H2,1H3,(H,23,24)/t13-,14-,17-/m0/s1. The van der Waals surface area contributed by atoms with Crippen LogP contribution in [0.1, 0.15) is 17.5 Å². The molecule has 3 atom stereocenters. The topological polar surface area (TPSA) is 93.4 Å². The van der Waals surface area contributed by atoms with Crippen molar-refractivity contribution in [1.82, 2.24) is 4.90 Å². The van der Waals surface area contributed by atoms with Crippen LogP contribution in [0.4, 0.5) is 0 Å². The van der Waals surface area contributed by atoms with E-state index in [9.17, 15) is 15.0 Å². The molecule has 1 saturated heterocycles. The molecule has 1 aromatic rings. The summed E-state index contributed by atoms with van der Waals surface area (Å²) in [5.41, 5.74) is 1.41. The van der Waals surface area contributed by atoms with Crippen LogP contribution in [0.5, 0.6) is 5.75 Å². The SMILES string of the molecule is CN1[C@H](C(=O)O)CS[C@H]1[C@@H]1CSC(c2cc(C#CCCO)ccc2O)=N1. The van der Waals surface area contributed by atoms with E-state index in [1.165, 1.54) is 0 Å². The Kier molecular flexibility index (Phi) is 6.14. The van der Waals surface area contributed by atoms with E-state index in [4.69, 9.17) is 10.1 Å². The first-order valence-corrected chi connectivity index (χ1v) is 10.2. The van der Waals surface area contributed by atoms with Gasteiger partial charge in [-0.25, -0.2) is 0 Å². The van der Waals surface area contributed by atoms with Crippen molar-refractivity contribution in [3.05, 3.63) is 29.3 Å². The molecule has 1 fully saturated rings. The van der Waals surface area contributed by atoms with Gasteiger partial charge in [0.05, 0.1) is 18.0 Å². The molecule has 0 aliphatic carbocycles. The van der Waals surface area contributed by atoms with Crippen molar-refractivity contribution < 1.29 is 20.1 Å². The van der Waals surface area contributed by atoms with Gasteiger partial charge in [0, 0.05) is 29.1 Å². The van der Waals surface area contributed by atoms with Crippen LogP contribution >= 0.6 is 23.5 Å². The van der Waals surface area contributed by atoms with E-state index in [-0.39, 0.29) is 23.8 Å². The van der Waals surface area contributed by atoms with E-state index in [1.54, 1.807) is 41.7 Å². The highest BCUT2D eigenvalue weighted by Gasteiger charge is 2.41. The Morgan fingerprint density at radius 2 is 2.23 bits per heavy atom. The van der Waals surface area contributed by atoms with Crippen molar-refractivity contribution in [2.45, 2.75) is 23.9 Å². The first-order valence-electron chi connectivity index (χ1n) is 8.21. The smallest absolute Gasteiger partial charge is 0.321 e. The average Bonchev–Trinajstić information content (AvgIpc) is 3.23. The van der Waals surface area contributed by atoms with Crippen molar-refractivity contribution in [1.29, 1.82) is 0 Å². The molecule has 3 rings (SSSR count). The van der Waals surface area contributed by atoms with E-state index >= 15 is 0 Å². The minimum atomic E-state index is -0.802. The third kappa shape index (κ3) is 4.01. The third-order valence-electron chi connectivity index (χ3n) is 4.30. The predicted molar refractivity (Wildman–Crippen MR) is 105 cm³/mol. The van der Waals surface area contributed by atoms with Crippen LogP contribution in [0.15, 0.2) is 23.2 Å². The van der Waals surface area contributed by atoms with Gasteiger partial charge >= 0.3 is 5.97 Å². The van der Waals surface area contributed by atoms with Crippen LogP contribution < -0.4 is 0 Å². The van der Waals surface area contributed by atoms with Gasteiger partial charge in [-0.1, -0.05) is 11.8 Å². The van der Waals surface area contributed by atoms with Crippen molar-refractivity contribution in [2.75, 3.05) is 25.2 Å². The molecule has 2 aliphatic rings. The highest BCUT2D eigenvalue weighted by atomic mass is 32.2. The quantitative estimate of drug-likeness (QED) is 0.668. The van der Waals surface area contributed by atoms with Crippen LogP contribution in [-0.4, -0.2) is 73.9 Å². The largest absolute Gasteiger partial charge is 0.507 e. The van der Waals surface area contributed by atoms with Crippen molar-refractivity contribution >= 4 is 34.5 Å². The van der Waals surface area contributed by atoms with Crippen LogP contribution in [0.3, 0.4) is 0 Å².